The molecule has 1 fully saturated rings. The highest BCUT2D eigenvalue weighted by molar-refractivity contribution is 5.70. The van der Waals surface area contributed by atoms with Gasteiger partial charge in [0.05, 0.1) is 23.9 Å². The molecule has 186 valence electrons. The molecule has 1 amide bonds. The minimum Gasteiger partial charge on any atom is -0.489 e. The van der Waals surface area contributed by atoms with Gasteiger partial charge >= 0.3 is 12.1 Å². The topological polar surface area (TPSA) is 120 Å². The number of aryl methyl sites for hydroxylation is 2. The van der Waals surface area contributed by atoms with Crippen LogP contribution in [0.5, 0.6) is 5.75 Å². The normalized spacial score (nSPS) is 18.1. The van der Waals surface area contributed by atoms with Crippen LogP contribution < -0.4 is 4.74 Å². The average Bonchev–Trinajstić information content (AvgIpc) is 3.17. The van der Waals surface area contributed by atoms with Gasteiger partial charge in [-0.15, -0.1) is 5.10 Å². The maximum Gasteiger partial charge on any atom is 0.409 e. The maximum absolute atomic E-state index is 12.3. The van der Waals surface area contributed by atoms with E-state index in [4.69, 9.17) is 9.47 Å². The standard InChI is InChI=1S/C24H35N5O5/c1-15(2)9-10-28(4)24(32)33-14-20-22(26-27-29(20)5)19-11-16(3)21(13-25-19)34-18-8-6-7-17(12-18)23(30)31/h11,13,15,17-18H,6-10,12,14H2,1-5H3,(H,30,31)/t17-,18-/m0/s1. The molecule has 0 bridgehead atoms. The zero-order valence-electron chi connectivity index (χ0n) is 20.7. The summed E-state index contributed by atoms with van der Waals surface area (Å²) in [5, 5.41) is 17.6. The van der Waals surface area contributed by atoms with E-state index in [1.165, 1.54) is 0 Å². The summed E-state index contributed by atoms with van der Waals surface area (Å²) in [6.07, 6.45) is 4.87. The monoisotopic (exact) mass is 473 g/mol. The first-order valence-electron chi connectivity index (χ1n) is 11.8. The SMILES string of the molecule is Cc1cc(-c2nnn(C)c2COC(=O)N(C)CCC(C)C)ncc1O[C@H]1CCC[C@H](C(=O)O)C1. The highest BCUT2D eigenvalue weighted by Crippen LogP contribution is 2.31. The van der Waals surface area contributed by atoms with E-state index in [-0.39, 0.29) is 18.6 Å². The van der Waals surface area contributed by atoms with Crippen molar-refractivity contribution in [1.29, 1.82) is 0 Å². The quantitative estimate of drug-likeness (QED) is 0.584. The summed E-state index contributed by atoms with van der Waals surface area (Å²) >= 11 is 0. The van der Waals surface area contributed by atoms with Gasteiger partial charge in [0.15, 0.2) is 0 Å². The van der Waals surface area contributed by atoms with Crippen molar-refractivity contribution in [2.75, 3.05) is 13.6 Å². The van der Waals surface area contributed by atoms with Crippen molar-refractivity contribution >= 4 is 12.1 Å². The first kappa shape index (κ1) is 25.5. The Hall–Kier alpha value is -3.17. The molecule has 10 nitrogen and oxygen atoms in total. The molecule has 0 unspecified atom stereocenters. The summed E-state index contributed by atoms with van der Waals surface area (Å²) in [4.78, 5) is 29.8. The first-order valence-corrected chi connectivity index (χ1v) is 11.8. The van der Waals surface area contributed by atoms with Crippen molar-refractivity contribution in [3.63, 3.8) is 0 Å². The Kier molecular flexibility index (Phi) is 8.46. The van der Waals surface area contributed by atoms with Crippen LogP contribution >= 0.6 is 0 Å². The highest BCUT2D eigenvalue weighted by Gasteiger charge is 2.28. The van der Waals surface area contributed by atoms with Crippen LogP contribution in [-0.2, 0) is 23.2 Å². The number of pyridine rings is 1. The zero-order valence-corrected chi connectivity index (χ0v) is 20.7. The number of carbonyl (C=O) groups is 2. The molecular weight excluding hydrogens is 438 g/mol. The number of carboxylic acid groups (broad SMARTS) is 1. The highest BCUT2D eigenvalue weighted by atomic mass is 16.6. The Morgan fingerprint density at radius 3 is 2.76 bits per heavy atom. The fourth-order valence-electron chi connectivity index (χ4n) is 3.97. The number of hydrogen-bond donors (Lipinski definition) is 1. The number of amides is 1. The summed E-state index contributed by atoms with van der Waals surface area (Å²) in [5.41, 5.74) is 2.65. The molecule has 0 spiro atoms. The molecule has 0 saturated heterocycles. The molecule has 2 heterocycles. The third-order valence-corrected chi connectivity index (χ3v) is 6.20. The van der Waals surface area contributed by atoms with Crippen LogP contribution in [0, 0.1) is 18.8 Å². The number of hydrogen-bond acceptors (Lipinski definition) is 7. The fraction of sp³-hybridized carbons (Fsp3) is 0.625. The molecule has 1 aliphatic rings. The minimum atomic E-state index is -0.763. The van der Waals surface area contributed by atoms with Crippen LogP contribution in [0.25, 0.3) is 11.4 Å². The lowest BCUT2D eigenvalue weighted by molar-refractivity contribution is -0.143. The van der Waals surface area contributed by atoms with Gasteiger partial charge in [-0.2, -0.15) is 0 Å². The van der Waals surface area contributed by atoms with Crippen molar-refractivity contribution in [1.82, 2.24) is 24.9 Å². The molecule has 3 rings (SSSR count). The van der Waals surface area contributed by atoms with Crippen LogP contribution in [0.4, 0.5) is 4.79 Å². The van der Waals surface area contributed by atoms with E-state index in [1.807, 2.05) is 13.0 Å². The molecule has 1 N–H and O–H groups in total. The maximum atomic E-state index is 12.3. The van der Waals surface area contributed by atoms with Crippen molar-refractivity contribution < 1.29 is 24.2 Å². The number of nitrogens with zero attached hydrogens (tertiary/aromatic N) is 5. The van der Waals surface area contributed by atoms with E-state index in [0.717, 1.165) is 24.8 Å². The van der Waals surface area contributed by atoms with Gasteiger partial charge in [-0.1, -0.05) is 19.1 Å². The smallest absolute Gasteiger partial charge is 0.409 e. The molecule has 0 aromatic carbocycles. The second-order valence-electron chi connectivity index (χ2n) is 9.44. The average molecular weight is 474 g/mol. The molecule has 1 aliphatic carbocycles. The van der Waals surface area contributed by atoms with Gasteiger partial charge in [-0.3, -0.25) is 9.78 Å². The largest absolute Gasteiger partial charge is 0.489 e. The van der Waals surface area contributed by atoms with E-state index < -0.39 is 12.1 Å². The van der Waals surface area contributed by atoms with E-state index in [0.29, 0.717) is 48.1 Å². The Morgan fingerprint density at radius 1 is 1.32 bits per heavy atom. The first-order chi connectivity index (χ1) is 16.2. The third kappa shape index (κ3) is 6.45. The van der Waals surface area contributed by atoms with Gasteiger partial charge in [-0.25, -0.2) is 9.48 Å². The van der Waals surface area contributed by atoms with Crippen LogP contribution in [-0.4, -0.2) is 61.7 Å². The Labute approximate surface area is 200 Å². The predicted molar refractivity (Wildman–Crippen MR) is 125 cm³/mol. The fourth-order valence-corrected chi connectivity index (χ4v) is 3.97. The van der Waals surface area contributed by atoms with Gasteiger partial charge in [0.1, 0.15) is 23.7 Å². The van der Waals surface area contributed by atoms with Crippen LogP contribution in [0.15, 0.2) is 12.3 Å². The lowest BCUT2D eigenvalue weighted by Gasteiger charge is -2.27. The van der Waals surface area contributed by atoms with Crippen LogP contribution in [0.1, 0.15) is 57.2 Å². The van der Waals surface area contributed by atoms with Crippen molar-refractivity contribution in [2.45, 2.75) is 65.6 Å². The van der Waals surface area contributed by atoms with Gasteiger partial charge < -0.3 is 19.5 Å². The number of carboxylic acids is 1. The van der Waals surface area contributed by atoms with Gasteiger partial charge in [0, 0.05) is 20.6 Å². The molecular formula is C24H35N5O5. The minimum absolute atomic E-state index is 0.0291. The lowest BCUT2D eigenvalue weighted by atomic mass is 9.87. The molecule has 2 atom stereocenters. The second kappa shape index (κ2) is 11.3. The molecule has 1 saturated carbocycles. The van der Waals surface area contributed by atoms with Crippen molar-refractivity contribution in [3.8, 4) is 17.1 Å². The number of ether oxygens (including phenoxy) is 2. The van der Waals surface area contributed by atoms with E-state index in [2.05, 4.69) is 29.1 Å². The number of aromatic nitrogens is 4. The number of rotatable bonds is 9. The number of aliphatic carboxylic acids is 1. The van der Waals surface area contributed by atoms with E-state index in [1.54, 1.807) is 29.9 Å². The third-order valence-electron chi connectivity index (χ3n) is 6.20. The van der Waals surface area contributed by atoms with E-state index in [9.17, 15) is 14.7 Å². The van der Waals surface area contributed by atoms with Gasteiger partial charge in [0.2, 0.25) is 0 Å². The van der Waals surface area contributed by atoms with Crippen LogP contribution in [0.2, 0.25) is 0 Å². The Bertz CT molecular complexity index is 1010. The summed E-state index contributed by atoms with van der Waals surface area (Å²) in [5.74, 6) is 0.00518. The van der Waals surface area contributed by atoms with Crippen molar-refractivity contribution in [3.05, 3.63) is 23.5 Å². The predicted octanol–water partition coefficient (Wildman–Crippen LogP) is 3.82. The van der Waals surface area contributed by atoms with Gasteiger partial charge in [-0.05, 0) is 56.6 Å². The molecule has 34 heavy (non-hydrogen) atoms. The summed E-state index contributed by atoms with van der Waals surface area (Å²) < 4.78 is 13.2. The zero-order chi connectivity index (χ0) is 24.8. The van der Waals surface area contributed by atoms with Crippen molar-refractivity contribution in [2.24, 2.45) is 18.9 Å². The van der Waals surface area contributed by atoms with E-state index >= 15 is 0 Å². The molecule has 2 aromatic heterocycles. The Morgan fingerprint density at radius 2 is 2.09 bits per heavy atom. The van der Waals surface area contributed by atoms with Gasteiger partial charge in [0.25, 0.3) is 0 Å². The lowest BCUT2D eigenvalue weighted by Crippen LogP contribution is -2.29. The summed E-state index contributed by atoms with van der Waals surface area (Å²) in [7, 11) is 3.47. The molecule has 0 aliphatic heterocycles. The van der Waals surface area contributed by atoms with Crippen LogP contribution in [0.3, 0.4) is 0 Å². The molecule has 2 aromatic rings. The summed E-state index contributed by atoms with van der Waals surface area (Å²) in [6, 6.07) is 1.86. The number of carbonyl (C=O) groups excluding carboxylic acids is 1. The molecule has 10 heteroatoms. The summed E-state index contributed by atoms with van der Waals surface area (Å²) in [6.45, 7) is 6.79. The molecule has 0 radical (unpaired) electrons. The second-order valence-corrected chi connectivity index (χ2v) is 9.44. The Balaban J connectivity index is 1.67.